The number of carbonyl (C=O) groups is 2. The molecule has 4 nitrogen and oxygen atoms in total. The van der Waals surface area contributed by atoms with Crippen LogP contribution in [0.4, 0.5) is 68.5 Å². The maximum atomic E-state index is 15.3. The molecule has 3 rings (SSSR count). The Morgan fingerprint density at radius 2 is 1.34 bits per heavy atom. The van der Waals surface area contributed by atoms with E-state index >= 15 is 4.39 Å². The van der Waals surface area contributed by atoms with Gasteiger partial charge in [-0.2, -0.15) is 48.3 Å². The van der Waals surface area contributed by atoms with E-state index in [9.17, 15) is 62.3 Å². The zero-order valence-electron chi connectivity index (χ0n) is 21.3. The molecule has 0 fully saturated rings. The van der Waals surface area contributed by atoms with Crippen LogP contribution >= 0.6 is 22.6 Å². The minimum absolute atomic E-state index is 0.0765. The molecule has 1 atom stereocenters. The molecular formula is C26H14F13IN2O2. The molecular weight excluding hydrogens is 746 g/mol. The predicted molar refractivity (Wildman–Crippen MR) is 138 cm³/mol. The van der Waals surface area contributed by atoms with E-state index in [4.69, 9.17) is 0 Å². The van der Waals surface area contributed by atoms with Gasteiger partial charge in [0.25, 0.3) is 11.8 Å². The first kappa shape index (κ1) is 34.9. The number of nitrogens with zero attached hydrogens (tertiary/aromatic N) is 1. The largest absolute Gasteiger partial charge is 0.457 e. The fraction of sp³-hybridized carbons (Fsp3) is 0.231. The standard InChI is InChI=1S/C26H14F13IN2O2/c1-42(21(44)12-6-3-2-4-7-12)17-9-5-8-14(18(17)27)20(43)41-19-15(23(29,30)31)10-13(11-16(19)40)22(28,25(34,35)36)24(32,33)26(37,38)39/h2-11H,1H3,(H,41,43). The van der Waals surface area contributed by atoms with Crippen molar-refractivity contribution in [2.45, 2.75) is 30.1 Å². The molecule has 0 spiro atoms. The van der Waals surface area contributed by atoms with Crippen molar-refractivity contribution in [2.24, 2.45) is 0 Å². The maximum absolute atomic E-state index is 15.3. The monoisotopic (exact) mass is 760 g/mol. The molecule has 3 aromatic carbocycles. The highest BCUT2D eigenvalue weighted by atomic mass is 127. The molecule has 44 heavy (non-hydrogen) atoms. The molecule has 0 aliphatic rings. The van der Waals surface area contributed by atoms with Gasteiger partial charge in [0.2, 0.25) is 0 Å². The van der Waals surface area contributed by atoms with Crippen molar-refractivity contribution in [3.8, 4) is 0 Å². The minimum Gasteiger partial charge on any atom is -0.320 e. The summed E-state index contributed by atoms with van der Waals surface area (Å²) in [6.45, 7) is 0. The fourth-order valence-electron chi connectivity index (χ4n) is 3.89. The first-order valence-electron chi connectivity index (χ1n) is 11.5. The molecule has 2 amide bonds. The number of halogens is 14. The molecule has 0 bridgehead atoms. The van der Waals surface area contributed by atoms with Crippen LogP contribution in [0.2, 0.25) is 0 Å². The van der Waals surface area contributed by atoms with Gasteiger partial charge in [0.05, 0.1) is 22.5 Å². The van der Waals surface area contributed by atoms with Crippen molar-refractivity contribution in [1.29, 1.82) is 0 Å². The van der Waals surface area contributed by atoms with E-state index in [1.165, 1.54) is 29.6 Å². The first-order valence-corrected chi connectivity index (χ1v) is 12.6. The van der Waals surface area contributed by atoms with E-state index < -0.39 is 91.5 Å². The van der Waals surface area contributed by atoms with Crippen LogP contribution in [0.1, 0.15) is 31.8 Å². The van der Waals surface area contributed by atoms with Crippen LogP contribution in [0, 0.1) is 9.39 Å². The van der Waals surface area contributed by atoms with Gasteiger partial charge in [-0.1, -0.05) is 24.3 Å². The van der Waals surface area contributed by atoms with Crippen molar-refractivity contribution >= 4 is 45.8 Å². The number of nitrogens with one attached hydrogen (secondary N) is 1. The topological polar surface area (TPSA) is 49.4 Å². The van der Waals surface area contributed by atoms with E-state index in [2.05, 4.69) is 0 Å². The quantitative estimate of drug-likeness (QED) is 0.202. The van der Waals surface area contributed by atoms with Gasteiger partial charge in [0.15, 0.2) is 5.82 Å². The summed E-state index contributed by atoms with van der Waals surface area (Å²) >= 11 is 0.741. The molecule has 0 heterocycles. The normalized spacial score (nSPS) is 14.2. The summed E-state index contributed by atoms with van der Waals surface area (Å²) in [4.78, 5) is 26.3. The third kappa shape index (κ3) is 6.16. The summed E-state index contributed by atoms with van der Waals surface area (Å²) in [6, 6.07) is 8.71. The number of alkyl halides is 12. The first-order chi connectivity index (χ1) is 20.0. The number of hydrogen-bond donors (Lipinski definition) is 1. The Labute approximate surface area is 252 Å². The van der Waals surface area contributed by atoms with Gasteiger partial charge in [-0.15, -0.1) is 0 Å². The van der Waals surface area contributed by atoms with Crippen LogP contribution in [0.5, 0.6) is 0 Å². The fourth-order valence-corrected chi connectivity index (χ4v) is 4.65. The average molecular weight is 760 g/mol. The van der Waals surface area contributed by atoms with Crippen molar-refractivity contribution in [1.82, 2.24) is 0 Å². The summed E-state index contributed by atoms with van der Waals surface area (Å²) in [5.41, 5.74) is -14.9. The van der Waals surface area contributed by atoms with Crippen molar-refractivity contribution in [3.63, 3.8) is 0 Å². The van der Waals surface area contributed by atoms with E-state index in [-0.39, 0.29) is 5.56 Å². The Morgan fingerprint density at radius 1 is 0.773 bits per heavy atom. The molecule has 0 radical (unpaired) electrons. The maximum Gasteiger partial charge on any atom is 0.457 e. The Kier molecular flexibility index (Phi) is 9.31. The van der Waals surface area contributed by atoms with Crippen LogP contribution in [0.25, 0.3) is 0 Å². The van der Waals surface area contributed by atoms with Gasteiger partial charge < -0.3 is 10.2 Å². The number of rotatable bonds is 6. The minimum atomic E-state index is -7.26. The SMILES string of the molecule is CN(C(=O)c1ccccc1)c1cccc(C(=O)Nc2c(I)cc(C(F)(C(F)(F)F)C(F)(F)C(F)(F)F)cc2C(F)(F)F)c1F. The summed E-state index contributed by atoms with van der Waals surface area (Å²) in [6.07, 6.45) is -20.2. The van der Waals surface area contributed by atoms with Gasteiger partial charge in [0, 0.05) is 21.7 Å². The second kappa shape index (κ2) is 11.7. The smallest absolute Gasteiger partial charge is 0.320 e. The lowest BCUT2D eigenvalue weighted by Gasteiger charge is -2.36. The zero-order valence-corrected chi connectivity index (χ0v) is 23.5. The zero-order chi connectivity index (χ0) is 33.6. The molecule has 1 N–H and O–H groups in total. The number of carbonyl (C=O) groups excluding carboxylic acids is 2. The van der Waals surface area contributed by atoms with E-state index in [1.54, 1.807) is 6.07 Å². The molecule has 1 unspecified atom stereocenters. The summed E-state index contributed by atoms with van der Waals surface area (Å²) < 4.78 is 177. The lowest BCUT2D eigenvalue weighted by atomic mass is 9.86. The highest BCUT2D eigenvalue weighted by Crippen LogP contribution is 2.59. The summed E-state index contributed by atoms with van der Waals surface area (Å²) in [7, 11) is 1.10. The molecule has 0 aliphatic carbocycles. The highest BCUT2D eigenvalue weighted by molar-refractivity contribution is 14.1. The van der Waals surface area contributed by atoms with Gasteiger partial charge in [-0.05, 0) is 59.0 Å². The van der Waals surface area contributed by atoms with Crippen molar-refractivity contribution in [2.75, 3.05) is 17.3 Å². The summed E-state index contributed by atoms with van der Waals surface area (Å²) in [5.74, 6) is -11.2. The van der Waals surface area contributed by atoms with Gasteiger partial charge in [-0.3, -0.25) is 9.59 Å². The Balaban J connectivity index is 2.13. The molecule has 0 saturated heterocycles. The van der Waals surface area contributed by atoms with Gasteiger partial charge in [-0.25, -0.2) is 8.78 Å². The van der Waals surface area contributed by atoms with Gasteiger partial charge >= 0.3 is 30.1 Å². The van der Waals surface area contributed by atoms with Crippen LogP contribution < -0.4 is 10.2 Å². The van der Waals surface area contributed by atoms with E-state index in [0.717, 1.165) is 52.7 Å². The Hall–Kier alpha value is -3.58. The van der Waals surface area contributed by atoms with Crippen LogP contribution in [-0.4, -0.2) is 37.1 Å². The highest BCUT2D eigenvalue weighted by Gasteiger charge is 2.82. The molecule has 3 aromatic rings. The second-order valence-electron chi connectivity index (χ2n) is 8.93. The van der Waals surface area contributed by atoms with Crippen LogP contribution in [0.15, 0.2) is 60.7 Å². The molecule has 0 saturated carbocycles. The molecule has 0 aromatic heterocycles. The lowest BCUT2D eigenvalue weighted by Crippen LogP contribution is -2.59. The van der Waals surface area contributed by atoms with Crippen LogP contribution in [0.3, 0.4) is 0 Å². The van der Waals surface area contributed by atoms with Crippen molar-refractivity contribution in [3.05, 3.63) is 92.3 Å². The number of benzene rings is 3. The van der Waals surface area contributed by atoms with E-state index in [1.807, 2.05) is 0 Å². The van der Waals surface area contributed by atoms with Gasteiger partial charge in [0.1, 0.15) is 0 Å². The lowest BCUT2D eigenvalue weighted by molar-refractivity contribution is -0.389. The molecule has 238 valence electrons. The summed E-state index contributed by atoms with van der Waals surface area (Å²) in [5, 5.41) is 1.53. The third-order valence-corrected chi connectivity index (χ3v) is 6.97. The second-order valence-corrected chi connectivity index (χ2v) is 10.1. The van der Waals surface area contributed by atoms with Crippen LogP contribution in [-0.2, 0) is 11.8 Å². The molecule has 18 heteroatoms. The Morgan fingerprint density at radius 3 is 1.84 bits per heavy atom. The number of amides is 2. The number of hydrogen-bond acceptors (Lipinski definition) is 2. The number of anilines is 2. The molecule has 0 aliphatic heterocycles. The predicted octanol–water partition coefficient (Wildman–Crippen LogP) is 8.90. The van der Waals surface area contributed by atoms with E-state index in [0.29, 0.717) is 0 Å². The Bertz CT molecular complexity index is 1570. The average Bonchev–Trinajstić information content (AvgIpc) is 2.91. The third-order valence-electron chi connectivity index (χ3n) is 6.12. The van der Waals surface area contributed by atoms with Crippen molar-refractivity contribution < 1.29 is 66.7 Å².